The molecule has 0 bridgehead atoms. The van der Waals surface area contributed by atoms with Crippen molar-refractivity contribution in [3.05, 3.63) is 59.4 Å². The number of nitrogens with zero attached hydrogens (tertiary/aromatic N) is 2. The third-order valence-electron chi connectivity index (χ3n) is 3.52. The van der Waals surface area contributed by atoms with Crippen LogP contribution in [-0.2, 0) is 4.79 Å². The maximum Gasteiger partial charge on any atom is 0.267 e. The molecule has 5 nitrogen and oxygen atoms in total. The Kier molecular flexibility index (Phi) is 5.80. The molecule has 26 heavy (non-hydrogen) atoms. The molecule has 8 heteroatoms. The number of anilines is 1. The van der Waals surface area contributed by atoms with Crippen molar-refractivity contribution < 1.29 is 13.9 Å². The minimum Gasteiger partial charge on any atom is -0.478 e. The Morgan fingerprint density at radius 3 is 2.65 bits per heavy atom. The van der Waals surface area contributed by atoms with Gasteiger partial charge in [0.2, 0.25) is 5.13 Å². The van der Waals surface area contributed by atoms with Gasteiger partial charge in [0.25, 0.3) is 5.91 Å². The van der Waals surface area contributed by atoms with Gasteiger partial charge >= 0.3 is 0 Å². The monoisotopic (exact) mass is 391 g/mol. The molecule has 0 fully saturated rings. The molecule has 1 atom stereocenters. The zero-order valence-corrected chi connectivity index (χ0v) is 15.4. The molecule has 1 heterocycles. The zero-order valence-electron chi connectivity index (χ0n) is 13.8. The average Bonchev–Trinajstić information content (AvgIpc) is 3.10. The summed E-state index contributed by atoms with van der Waals surface area (Å²) in [6, 6.07) is 13.1. The van der Waals surface area contributed by atoms with Crippen molar-refractivity contribution in [1.82, 2.24) is 10.2 Å². The second-order valence-corrected chi connectivity index (χ2v) is 6.77. The van der Waals surface area contributed by atoms with Crippen LogP contribution < -0.4 is 10.1 Å². The fraction of sp³-hybridized carbons (Fsp3) is 0.167. The summed E-state index contributed by atoms with van der Waals surface area (Å²) < 4.78 is 19.2. The lowest BCUT2D eigenvalue weighted by molar-refractivity contribution is -0.122. The SMILES string of the molecule is CC[C@@H](Oc1ccccc1F)C(=O)Nc1nnc(-c2ccc(Cl)cc2)s1. The van der Waals surface area contributed by atoms with Gasteiger partial charge in [0.1, 0.15) is 5.01 Å². The second-order valence-electron chi connectivity index (χ2n) is 5.35. The lowest BCUT2D eigenvalue weighted by Crippen LogP contribution is -2.32. The molecule has 0 spiro atoms. The van der Waals surface area contributed by atoms with Crippen LogP contribution in [-0.4, -0.2) is 22.2 Å². The number of para-hydroxylation sites is 1. The van der Waals surface area contributed by atoms with E-state index < -0.39 is 17.8 Å². The zero-order chi connectivity index (χ0) is 18.5. The number of nitrogens with one attached hydrogen (secondary N) is 1. The number of halogens is 2. The predicted octanol–water partition coefficient (Wildman–Crippen LogP) is 4.79. The lowest BCUT2D eigenvalue weighted by atomic mass is 10.2. The Morgan fingerprint density at radius 2 is 1.96 bits per heavy atom. The minimum atomic E-state index is -0.838. The first kappa shape index (κ1) is 18.3. The summed E-state index contributed by atoms with van der Waals surface area (Å²) >= 11 is 7.10. The number of hydrogen-bond acceptors (Lipinski definition) is 5. The summed E-state index contributed by atoms with van der Waals surface area (Å²) in [4.78, 5) is 12.4. The molecule has 134 valence electrons. The molecule has 0 saturated heterocycles. The summed E-state index contributed by atoms with van der Waals surface area (Å²) in [6.45, 7) is 1.78. The van der Waals surface area contributed by atoms with Crippen molar-refractivity contribution in [3.8, 4) is 16.3 Å². The van der Waals surface area contributed by atoms with Gasteiger partial charge in [0, 0.05) is 10.6 Å². The van der Waals surface area contributed by atoms with Gasteiger partial charge in [-0.2, -0.15) is 0 Å². The molecule has 3 aromatic rings. The Labute approximate surface area is 158 Å². The first-order valence-corrected chi connectivity index (χ1v) is 9.07. The lowest BCUT2D eigenvalue weighted by Gasteiger charge is -2.16. The second kappa shape index (κ2) is 8.25. The van der Waals surface area contributed by atoms with Crippen molar-refractivity contribution in [1.29, 1.82) is 0 Å². The molecule has 0 aliphatic carbocycles. The summed E-state index contributed by atoms with van der Waals surface area (Å²) in [5.74, 6) is -0.886. The molecule has 1 aromatic heterocycles. The highest BCUT2D eigenvalue weighted by Gasteiger charge is 2.21. The van der Waals surface area contributed by atoms with E-state index in [4.69, 9.17) is 16.3 Å². The standard InChI is InChI=1S/C18H15ClFN3O2S/c1-2-14(25-15-6-4-3-5-13(15)20)16(24)21-18-23-22-17(26-18)11-7-9-12(19)10-8-11/h3-10,14H,2H2,1H3,(H,21,23,24)/t14-/m1/s1. The van der Waals surface area contributed by atoms with Crippen molar-refractivity contribution in [2.75, 3.05) is 5.32 Å². The van der Waals surface area contributed by atoms with Crippen LogP contribution in [0.2, 0.25) is 5.02 Å². The third kappa shape index (κ3) is 4.36. The fourth-order valence-corrected chi connectivity index (χ4v) is 3.06. The van der Waals surface area contributed by atoms with E-state index in [1.54, 1.807) is 31.2 Å². The van der Waals surface area contributed by atoms with E-state index in [9.17, 15) is 9.18 Å². The maximum atomic E-state index is 13.7. The van der Waals surface area contributed by atoms with Gasteiger partial charge in [-0.1, -0.05) is 54.1 Å². The van der Waals surface area contributed by atoms with E-state index in [0.29, 0.717) is 21.6 Å². The van der Waals surface area contributed by atoms with Crippen molar-refractivity contribution >= 4 is 34.0 Å². The van der Waals surface area contributed by atoms with Crippen LogP contribution in [0, 0.1) is 5.82 Å². The first-order valence-electron chi connectivity index (χ1n) is 7.88. The first-order chi connectivity index (χ1) is 12.6. The number of amides is 1. The van der Waals surface area contributed by atoms with Gasteiger partial charge < -0.3 is 4.74 Å². The van der Waals surface area contributed by atoms with E-state index >= 15 is 0 Å². The van der Waals surface area contributed by atoms with Crippen LogP contribution in [0.4, 0.5) is 9.52 Å². The Hall–Kier alpha value is -2.51. The molecular formula is C18H15ClFN3O2S. The number of carbonyl (C=O) groups excluding carboxylic acids is 1. The van der Waals surface area contributed by atoms with Crippen molar-refractivity contribution in [2.24, 2.45) is 0 Å². The molecule has 0 unspecified atom stereocenters. The number of carbonyl (C=O) groups is 1. The van der Waals surface area contributed by atoms with Crippen molar-refractivity contribution in [2.45, 2.75) is 19.4 Å². The highest BCUT2D eigenvalue weighted by molar-refractivity contribution is 7.18. The van der Waals surface area contributed by atoms with Crippen LogP contribution in [0.5, 0.6) is 5.75 Å². The van der Waals surface area contributed by atoms with Gasteiger partial charge in [-0.3, -0.25) is 10.1 Å². The third-order valence-corrected chi connectivity index (χ3v) is 4.66. The van der Waals surface area contributed by atoms with Crippen LogP contribution in [0.15, 0.2) is 48.5 Å². The van der Waals surface area contributed by atoms with Crippen LogP contribution in [0.3, 0.4) is 0 Å². The molecule has 0 aliphatic heterocycles. The summed E-state index contributed by atoms with van der Waals surface area (Å²) in [6.07, 6.45) is -0.460. The largest absolute Gasteiger partial charge is 0.478 e. The van der Waals surface area contributed by atoms with Gasteiger partial charge in [0.15, 0.2) is 17.7 Å². The number of hydrogen-bond donors (Lipinski definition) is 1. The molecule has 2 aromatic carbocycles. The number of benzene rings is 2. The minimum absolute atomic E-state index is 0.0358. The number of rotatable bonds is 6. The van der Waals surface area contributed by atoms with Gasteiger partial charge in [-0.15, -0.1) is 10.2 Å². The Bertz CT molecular complexity index is 901. The Balaban J connectivity index is 1.68. The van der Waals surface area contributed by atoms with E-state index in [1.165, 1.54) is 23.5 Å². The molecule has 1 N–H and O–H groups in total. The topological polar surface area (TPSA) is 64.1 Å². The van der Waals surface area contributed by atoms with Gasteiger partial charge in [0.05, 0.1) is 0 Å². The van der Waals surface area contributed by atoms with E-state index in [0.717, 1.165) is 5.56 Å². The average molecular weight is 392 g/mol. The molecule has 0 saturated carbocycles. The van der Waals surface area contributed by atoms with Crippen molar-refractivity contribution in [3.63, 3.8) is 0 Å². The van der Waals surface area contributed by atoms with Crippen LogP contribution >= 0.6 is 22.9 Å². The molecular weight excluding hydrogens is 377 g/mol. The normalized spacial score (nSPS) is 11.8. The van der Waals surface area contributed by atoms with Gasteiger partial charge in [-0.25, -0.2) is 4.39 Å². The summed E-state index contributed by atoms with van der Waals surface area (Å²) in [5.41, 5.74) is 0.849. The quantitative estimate of drug-likeness (QED) is 0.655. The van der Waals surface area contributed by atoms with E-state index in [-0.39, 0.29) is 5.75 Å². The fourth-order valence-electron chi connectivity index (χ4n) is 2.18. The van der Waals surface area contributed by atoms with E-state index in [2.05, 4.69) is 15.5 Å². The molecule has 0 aliphatic rings. The molecule has 3 rings (SSSR count). The van der Waals surface area contributed by atoms with Gasteiger partial charge in [-0.05, 0) is 30.7 Å². The Morgan fingerprint density at radius 1 is 1.23 bits per heavy atom. The van der Waals surface area contributed by atoms with Crippen LogP contribution in [0.25, 0.3) is 10.6 Å². The highest BCUT2D eigenvalue weighted by Crippen LogP contribution is 2.27. The number of ether oxygens (including phenoxy) is 1. The van der Waals surface area contributed by atoms with E-state index in [1.807, 2.05) is 12.1 Å². The summed E-state index contributed by atoms with van der Waals surface area (Å²) in [5, 5.41) is 12.3. The predicted molar refractivity (Wildman–Crippen MR) is 100 cm³/mol. The molecule has 0 radical (unpaired) electrons. The summed E-state index contributed by atoms with van der Waals surface area (Å²) in [7, 11) is 0. The maximum absolute atomic E-state index is 13.7. The highest BCUT2D eigenvalue weighted by atomic mass is 35.5. The molecule has 1 amide bonds. The number of aromatic nitrogens is 2. The van der Waals surface area contributed by atoms with Crippen LogP contribution in [0.1, 0.15) is 13.3 Å². The smallest absolute Gasteiger partial charge is 0.267 e.